The first kappa shape index (κ1) is 15.4. The summed E-state index contributed by atoms with van der Waals surface area (Å²) in [6.07, 6.45) is 5.75. The van der Waals surface area contributed by atoms with Crippen LogP contribution in [-0.2, 0) is 0 Å². The Balaban J connectivity index is 1.66. The first-order chi connectivity index (χ1) is 10.7. The fourth-order valence-corrected chi connectivity index (χ4v) is 3.08. The summed E-state index contributed by atoms with van der Waals surface area (Å²) in [5, 5.41) is 9.27. The van der Waals surface area contributed by atoms with Crippen LogP contribution in [0.2, 0.25) is 0 Å². The summed E-state index contributed by atoms with van der Waals surface area (Å²) in [6, 6.07) is 1.41. The van der Waals surface area contributed by atoms with Crippen molar-refractivity contribution in [1.29, 1.82) is 0 Å². The lowest BCUT2D eigenvalue weighted by molar-refractivity contribution is 0.0406. The van der Waals surface area contributed by atoms with Crippen molar-refractivity contribution in [3.8, 4) is 0 Å². The molecular weight excluding hydrogens is 285 g/mol. The maximum Gasteiger partial charge on any atom is 0.255 e. The molecule has 1 aliphatic carbocycles. The van der Waals surface area contributed by atoms with Crippen LogP contribution in [-0.4, -0.2) is 64.6 Å². The van der Waals surface area contributed by atoms with Gasteiger partial charge in [-0.3, -0.25) is 14.7 Å². The van der Waals surface area contributed by atoms with Crippen LogP contribution in [0.5, 0.6) is 0 Å². The molecular formula is C16H22FN3O2. The SMILES string of the molecule is O=C(c1cncc(F)c1)N1CCN(CC2CC2)[C@@H](CCO)C1. The number of carbonyl (C=O) groups excluding carboxylic acids is 1. The first-order valence-corrected chi connectivity index (χ1v) is 7.92. The van der Waals surface area contributed by atoms with Crippen molar-refractivity contribution < 1.29 is 14.3 Å². The average molecular weight is 307 g/mol. The smallest absolute Gasteiger partial charge is 0.255 e. The second-order valence-corrected chi connectivity index (χ2v) is 6.25. The van der Waals surface area contributed by atoms with Crippen molar-refractivity contribution in [2.45, 2.75) is 25.3 Å². The molecule has 3 rings (SSSR count). The highest BCUT2D eigenvalue weighted by molar-refractivity contribution is 5.94. The van der Waals surface area contributed by atoms with E-state index >= 15 is 0 Å². The van der Waals surface area contributed by atoms with Gasteiger partial charge in [-0.05, 0) is 31.2 Å². The molecule has 1 amide bonds. The maximum absolute atomic E-state index is 13.2. The lowest BCUT2D eigenvalue weighted by Gasteiger charge is -2.41. The Labute approximate surface area is 129 Å². The van der Waals surface area contributed by atoms with E-state index in [1.807, 2.05) is 0 Å². The van der Waals surface area contributed by atoms with E-state index in [4.69, 9.17) is 0 Å². The average Bonchev–Trinajstić information content (AvgIpc) is 3.32. The van der Waals surface area contributed by atoms with E-state index in [0.717, 1.165) is 25.2 Å². The van der Waals surface area contributed by atoms with Crippen LogP contribution in [0.4, 0.5) is 4.39 Å². The molecule has 22 heavy (non-hydrogen) atoms. The molecule has 0 aromatic carbocycles. The van der Waals surface area contributed by atoms with E-state index in [1.165, 1.54) is 25.1 Å². The monoisotopic (exact) mass is 307 g/mol. The number of amides is 1. The molecule has 6 heteroatoms. The van der Waals surface area contributed by atoms with Crippen LogP contribution >= 0.6 is 0 Å². The summed E-state index contributed by atoms with van der Waals surface area (Å²) in [4.78, 5) is 20.4. The van der Waals surface area contributed by atoms with E-state index in [1.54, 1.807) is 4.90 Å². The van der Waals surface area contributed by atoms with Crippen LogP contribution < -0.4 is 0 Å². The minimum atomic E-state index is -0.495. The highest BCUT2D eigenvalue weighted by Crippen LogP contribution is 2.31. The van der Waals surface area contributed by atoms with Crippen molar-refractivity contribution >= 4 is 5.91 Å². The molecule has 2 heterocycles. The fraction of sp³-hybridized carbons (Fsp3) is 0.625. The Hall–Kier alpha value is -1.53. The molecule has 1 atom stereocenters. The second kappa shape index (κ2) is 6.71. The third-order valence-electron chi connectivity index (χ3n) is 4.50. The van der Waals surface area contributed by atoms with Crippen LogP contribution in [0.1, 0.15) is 29.6 Å². The van der Waals surface area contributed by atoms with E-state index in [2.05, 4.69) is 9.88 Å². The summed E-state index contributed by atoms with van der Waals surface area (Å²) >= 11 is 0. The summed E-state index contributed by atoms with van der Waals surface area (Å²) < 4.78 is 13.2. The number of carbonyl (C=O) groups is 1. The summed E-state index contributed by atoms with van der Waals surface area (Å²) in [7, 11) is 0. The molecule has 2 fully saturated rings. The number of rotatable bonds is 5. The third-order valence-corrected chi connectivity index (χ3v) is 4.50. The van der Waals surface area contributed by atoms with E-state index in [9.17, 15) is 14.3 Å². The van der Waals surface area contributed by atoms with Gasteiger partial charge in [0, 0.05) is 45.0 Å². The topological polar surface area (TPSA) is 56.7 Å². The molecule has 0 unspecified atom stereocenters. The first-order valence-electron chi connectivity index (χ1n) is 7.92. The molecule has 0 radical (unpaired) electrons. The van der Waals surface area contributed by atoms with Crippen LogP contribution in [0.3, 0.4) is 0 Å². The van der Waals surface area contributed by atoms with Crippen molar-refractivity contribution in [3.05, 3.63) is 29.8 Å². The Bertz CT molecular complexity index is 536. The highest BCUT2D eigenvalue weighted by atomic mass is 19.1. The Morgan fingerprint density at radius 3 is 2.86 bits per heavy atom. The molecule has 1 saturated carbocycles. The molecule has 1 aliphatic heterocycles. The Kier molecular flexibility index (Phi) is 4.69. The zero-order chi connectivity index (χ0) is 15.5. The summed E-state index contributed by atoms with van der Waals surface area (Å²) in [5.74, 6) is 0.113. The van der Waals surface area contributed by atoms with Gasteiger partial charge in [0.15, 0.2) is 0 Å². The molecule has 1 saturated heterocycles. The van der Waals surface area contributed by atoms with Gasteiger partial charge in [-0.25, -0.2) is 4.39 Å². The number of nitrogens with zero attached hydrogens (tertiary/aromatic N) is 3. The molecule has 5 nitrogen and oxygen atoms in total. The standard InChI is InChI=1S/C16H22FN3O2/c17-14-7-13(8-18-9-14)16(22)20-5-4-19(10-12-1-2-12)15(11-20)3-6-21/h7-9,12,15,21H,1-6,10-11H2/t15-/m0/s1. The maximum atomic E-state index is 13.2. The number of piperazine rings is 1. The quantitative estimate of drug-likeness (QED) is 0.886. The zero-order valence-electron chi connectivity index (χ0n) is 12.6. The van der Waals surface area contributed by atoms with Gasteiger partial charge in [-0.1, -0.05) is 0 Å². The Morgan fingerprint density at radius 1 is 1.36 bits per heavy atom. The number of pyridine rings is 1. The normalized spacial score (nSPS) is 22.8. The minimum absolute atomic E-state index is 0.120. The van der Waals surface area contributed by atoms with Gasteiger partial charge in [-0.2, -0.15) is 0 Å². The molecule has 120 valence electrons. The number of hydrogen-bond acceptors (Lipinski definition) is 4. The van der Waals surface area contributed by atoms with Gasteiger partial charge < -0.3 is 10.0 Å². The molecule has 1 N–H and O–H groups in total. The van der Waals surface area contributed by atoms with Gasteiger partial charge in [0.05, 0.1) is 11.8 Å². The molecule has 0 bridgehead atoms. The third kappa shape index (κ3) is 3.62. The molecule has 2 aliphatic rings. The van der Waals surface area contributed by atoms with Crippen molar-refractivity contribution in [3.63, 3.8) is 0 Å². The zero-order valence-corrected chi connectivity index (χ0v) is 12.6. The number of aliphatic hydroxyl groups excluding tert-OH is 1. The van der Waals surface area contributed by atoms with Crippen molar-refractivity contribution in [2.75, 3.05) is 32.8 Å². The lowest BCUT2D eigenvalue weighted by Crippen LogP contribution is -2.55. The van der Waals surface area contributed by atoms with Crippen LogP contribution in [0.15, 0.2) is 18.5 Å². The highest BCUT2D eigenvalue weighted by Gasteiger charge is 2.33. The van der Waals surface area contributed by atoms with Gasteiger partial charge in [0.25, 0.3) is 5.91 Å². The number of aromatic nitrogens is 1. The second-order valence-electron chi connectivity index (χ2n) is 6.25. The molecule has 1 aromatic rings. The minimum Gasteiger partial charge on any atom is -0.396 e. The fourth-order valence-electron chi connectivity index (χ4n) is 3.08. The van der Waals surface area contributed by atoms with Crippen LogP contribution in [0.25, 0.3) is 0 Å². The predicted molar refractivity (Wildman–Crippen MR) is 79.9 cm³/mol. The van der Waals surface area contributed by atoms with Gasteiger partial charge in [0.1, 0.15) is 5.82 Å². The van der Waals surface area contributed by atoms with Gasteiger partial charge in [0.2, 0.25) is 0 Å². The van der Waals surface area contributed by atoms with Gasteiger partial charge in [-0.15, -0.1) is 0 Å². The number of aliphatic hydroxyl groups is 1. The number of hydrogen-bond donors (Lipinski definition) is 1. The van der Waals surface area contributed by atoms with Crippen LogP contribution in [0, 0.1) is 11.7 Å². The summed E-state index contributed by atoms with van der Waals surface area (Å²) in [6.45, 7) is 3.23. The van der Waals surface area contributed by atoms with Crippen molar-refractivity contribution in [1.82, 2.24) is 14.8 Å². The van der Waals surface area contributed by atoms with Crippen molar-refractivity contribution in [2.24, 2.45) is 5.92 Å². The molecule has 1 aromatic heterocycles. The largest absolute Gasteiger partial charge is 0.396 e. The summed E-state index contributed by atoms with van der Waals surface area (Å²) in [5.41, 5.74) is 0.290. The molecule has 0 spiro atoms. The predicted octanol–water partition coefficient (Wildman–Crippen LogP) is 1.14. The Morgan fingerprint density at radius 2 is 2.18 bits per heavy atom. The number of halogens is 1. The van der Waals surface area contributed by atoms with Gasteiger partial charge >= 0.3 is 0 Å². The van der Waals surface area contributed by atoms with E-state index in [0.29, 0.717) is 25.1 Å². The van der Waals surface area contributed by atoms with E-state index in [-0.39, 0.29) is 18.6 Å². The van der Waals surface area contributed by atoms with E-state index < -0.39 is 5.82 Å². The lowest BCUT2D eigenvalue weighted by atomic mass is 10.1.